The van der Waals surface area contributed by atoms with E-state index in [1.165, 1.54) is 11.3 Å². The number of piperazine rings is 1. The summed E-state index contributed by atoms with van der Waals surface area (Å²) in [7, 11) is -2.05. The highest BCUT2D eigenvalue weighted by Gasteiger charge is 2.33. The molecule has 0 N–H and O–H groups in total. The number of hydrogen-bond donors (Lipinski definition) is 0. The Hall–Kier alpha value is -3.14. The number of nitrogens with zero attached hydrogens (tertiary/aromatic N) is 4. The van der Waals surface area contributed by atoms with Gasteiger partial charge in [-0.25, -0.2) is 8.42 Å². The van der Waals surface area contributed by atoms with Gasteiger partial charge in [0, 0.05) is 38.1 Å². The molecule has 1 saturated heterocycles. The van der Waals surface area contributed by atoms with Crippen molar-refractivity contribution in [1.82, 2.24) is 14.1 Å². The lowest BCUT2D eigenvalue weighted by atomic mass is 10.2. The van der Waals surface area contributed by atoms with Gasteiger partial charge >= 0.3 is 0 Å². The first-order valence-corrected chi connectivity index (χ1v) is 13.4. The third-order valence-electron chi connectivity index (χ3n) is 5.96. The second kappa shape index (κ2) is 9.61. The first-order valence-electron chi connectivity index (χ1n) is 11.1. The maximum Gasteiger partial charge on any atom is 0.246 e. The van der Waals surface area contributed by atoms with Crippen LogP contribution < -0.4 is 9.64 Å². The monoisotopic (exact) mass is 494 g/mol. The van der Waals surface area contributed by atoms with Crippen LogP contribution in [0.1, 0.15) is 5.56 Å². The van der Waals surface area contributed by atoms with E-state index >= 15 is 0 Å². The van der Waals surface area contributed by atoms with E-state index < -0.39 is 10.0 Å². The van der Waals surface area contributed by atoms with Gasteiger partial charge in [-0.2, -0.15) is 9.40 Å². The third-order valence-corrected chi connectivity index (χ3v) is 8.74. The number of methoxy groups -OCH3 is 1. The van der Waals surface area contributed by atoms with Crippen molar-refractivity contribution >= 4 is 27.0 Å². The van der Waals surface area contributed by atoms with E-state index in [4.69, 9.17) is 4.74 Å². The lowest BCUT2D eigenvalue weighted by Crippen LogP contribution is -2.48. The van der Waals surface area contributed by atoms with Gasteiger partial charge in [-0.05, 0) is 41.3 Å². The number of rotatable bonds is 7. The summed E-state index contributed by atoms with van der Waals surface area (Å²) in [5.74, 6) is 0.804. The van der Waals surface area contributed by atoms with Crippen LogP contribution in [0.2, 0.25) is 0 Å². The van der Waals surface area contributed by atoms with Gasteiger partial charge < -0.3 is 9.64 Å². The summed E-state index contributed by atoms with van der Waals surface area (Å²) in [5.41, 5.74) is 2.65. The second-order valence-corrected chi connectivity index (χ2v) is 10.9. The molecule has 1 fully saturated rings. The quantitative estimate of drug-likeness (QED) is 0.386. The third kappa shape index (κ3) is 4.59. The Morgan fingerprint density at radius 1 is 0.941 bits per heavy atom. The Balaban J connectivity index is 1.38. The summed E-state index contributed by atoms with van der Waals surface area (Å²) in [6.07, 6.45) is 1.67. The van der Waals surface area contributed by atoms with Crippen LogP contribution in [0.15, 0.2) is 83.2 Å². The summed E-state index contributed by atoms with van der Waals surface area (Å²) in [5, 5.41) is 6.63. The molecule has 0 spiro atoms. The highest BCUT2D eigenvalue weighted by molar-refractivity contribution is 7.89. The van der Waals surface area contributed by atoms with E-state index in [0.29, 0.717) is 38.4 Å². The fraction of sp³-hybridized carbons (Fsp3) is 0.240. The molecule has 0 bridgehead atoms. The Morgan fingerprint density at radius 3 is 2.32 bits per heavy atom. The van der Waals surface area contributed by atoms with Crippen LogP contribution in [0.3, 0.4) is 0 Å². The van der Waals surface area contributed by atoms with Gasteiger partial charge in [0.05, 0.1) is 18.5 Å². The molecule has 2 aromatic carbocycles. The fourth-order valence-electron chi connectivity index (χ4n) is 4.15. The first-order chi connectivity index (χ1) is 16.5. The van der Waals surface area contributed by atoms with Crippen molar-refractivity contribution in [3.8, 4) is 16.3 Å². The van der Waals surface area contributed by atoms with Gasteiger partial charge in [-0.15, -0.1) is 11.3 Å². The van der Waals surface area contributed by atoms with Crippen LogP contribution in [0.25, 0.3) is 10.6 Å². The molecule has 1 aliphatic rings. The SMILES string of the molecule is COc1ccc(N2CCN(S(=O)(=O)c3cn(Cc4ccccc4)nc3-c3cccs3)CC2)cc1. The zero-order valence-corrected chi connectivity index (χ0v) is 20.5. The summed E-state index contributed by atoms with van der Waals surface area (Å²) in [4.78, 5) is 3.32. The van der Waals surface area contributed by atoms with Crippen molar-refractivity contribution in [2.75, 3.05) is 38.2 Å². The van der Waals surface area contributed by atoms with Crippen LogP contribution in [0.5, 0.6) is 5.75 Å². The smallest absolute Gasteiger partial charge is 0.246 e. The van der Waals surface area contributed by atoms with Gasteiger partial charge in [0.15, 0.2) is 0 Å². The molecule has 0 saturated carbocycles. The Bertz CT molecular complexity index is 1330. The molecule has 1 aliphatic heterocycles. The van der Waals surface area contributed by atoms with Crippen LogP contribution in [0.4, 0.5) is 5.69 Å². The van der Waals surface area contributed by atoms with Crippen LogP contribution in [-0.2, 0) is 16.6 Å². The minimum Gasteiger partial charge on any atom is -0.497 e. The van der Waals surface area contributed by atoms with E-state index in [1.54, 1.807) is 22.3 Å². The molecule has 4 aromatic rings. The number of hydrogen-bond acceptors (Lipinski definition) is 6. The maximum absolute atomic E-state index is 13.7. The normalized spacial score (nSPS) is 14.9. The fourth-order valence-corrected chi connectivity index (χ4v) is 6.51. The van der Waals surface area contributed by atoms with Gasteiger partial charge in [0.1, 0.15) is 16.3 Å². The largest absolute Gasteiger partial charge is 0.497 e. The van der Waals surface area contributed by atoms with E-state index in [-0.39, 0.29) is 4.90 Å². The number of thiophene rings is 1. The number of benzene rings is 2. The van der Waals surface area contributed by atoms with Crippen molar-refractivity contribution < 1.29 is 13.2 Å². The van der Waals surface area contributed by atoms with Crippen LogP contribution in [0, 0.1) is 0 Å². The van der Waals surface area contributed by atoms with E-state index in [0.717, 1.165) is 21.9 Å². The van der Waals surface area contributed by atoms with Gasteiger partial charge in [-0.1, -0.05) is 36.4 Å². The first kappa shape index (κ1) is 22.6. The Kier molecular flexibility index (Phi) is 6.40. The molecule has 0 radical (unpaired) electrons. The van der Waals surface area contributed by atoms with E-state index in [2.05, 4.69) is 10.00 Å². The molecule has 2 aromatic heterocycles. The molecule has 7 nitrogen and oxygen atoms in total. The molecule has 0 aliphatic carbocycles. The van der Waals surface area contributed by atoms with Gasteiger partial charge in [0.2, 0.25) is 10.0 Å². The van der Waals surface area contributed by atoms with E-state index in [9.17, 15) is 8.42 Å². The summed E-state index contributed by atoms with van der Waals surface area (Å²) < 4.78 is 36.0. The number of anilines is 1. The molecule has 9 heteroatoms. The predicted molar refractivity (Wildman–Crippen MR) is 135 cm³/mol. The van der Waals surface area contributed by atoms with Gasteiger partial charge in [0.25, 0.3) is 0 Å². The molecule has 34 heavy (non-hydrogen) atoms. The lowest BCUT2D eigenvalue weighted by Gasteiger charge is -2.35. The van der Waals surface area contributed by atoms with Gasteiger partial charge in [-0.3, -0.25) is 4.68 Å². The Labute approximate surface area is 203 Å². The summed E-state index contributed by atoms with van der Waals surface area (Å²) >= 11 is 1.50. The number of sulfonamides is 1. The summed E-state index contributed by atoms with van der Waals surface area (Å²) in [6.45, 7) is 2.60. The highest BCUT2D eigenvalue weighted by Crippen LogP contribution is 2.32. The highest BCUT2D eigenvalue weighted by atomic mass is 32.2. The van der Waals surface area contributed by atoms with Crippen LogP contribution >= 0.6 is 11.3 Å². The molecule has 0 atom stereocenters. The molecule has 5 rings (SSSR count). The number of ether oxygens (including phenoxy) is 1. The minimum atomic E-state index is -3.70. The van der Waals surface area contributed by atoms with Crippen molar-refractivity contribution in [2.24, 2.45) is 0 Å². The molecular weight excluding hydrogens is 468 g/mol. The molecule has 0 amide bonds. The maximum atomic E-state index is 13.7. The van der Waals surface area contributed by atoms with Crippen molar-refractivity contribution in [3.05, 3.63) is 83.9 Å². The lowest BCUT2D eigenvalue weighted by molar-refractivity contribution is 0.385. The molecule has 176 valence electrons. The average Bonchev–Trinajstić information content (AvgIpc) is 3.55. The minimum absolute atomic E-state index is 0.267. The topological polar surface area (TPSA) is 67.7 Å². The summed E-state index contributed by atoms with van der Waals surface area (Å²) in [6, 6.07) is 21.6. The molecule has 0 unspecified atom stereocenters. The average molecular weight is 495 g/mol. The standard InChI is InChI=1S/C25H26N4O3S2/c1-32-22-11-9-21(10-12-22)27-13-15-29(16-14-27)34(30,31)24-19-28(18-20-6-3-2-4-7-20)26-25(24)23-8-5-17-33-23/h2-12,17,19H,13-16,18H2,1H3. The Morgan fingerprint density at radius 2 is 1.68 bits per heavy atom. The zero-order valence-electron chi connectivity index (χ0n) is 18.9. The van der Waals surface area contributed by atoms with Crippen LogP contribution in [-0.4, -0.2) is 55.8 Å². The predicted octanol–water partition coefficient (Wildman–Crippen LogP) is 4.18. The molecule has 3 heterocycles. The van der Waals surface area contributed by atoms with Crippen molar-refractivity contribution in [2.45, 2.75) is 11.4 Å². The molecular formula is C25H26N4O3S2. The number of aromatic nitrogens is 2. The second-order valence-electron chi connectivity index (χ2n) is 8.09. The van der Waals surface area contributed by atoms with Crippen molar-refractivity contribution in [3.63, 3.8) is 0 Å². The van der Waals surface area contributed by atoms with E-state index in [1.807, 2.05) is 72.1 Å². The van der Waals surface area contributed by atoms with Crippen molar-refractivity contribution in [1.29, 1.82) is 0 Å². The zero-order chi connectivity index (χ0) is 23.5.